The van der Waals surface area contributed by atoms with Gasteiger partial charge in [0.1, 0.15) is 5.82 Å². The Labute approximate surface area is 94.1 Å². The number of aromatic nitrogens is 1. The Hall–Kier alpha value is -1.61. The number of fused-ring (bicyclic) bond motifs is 2. The van der Waals surface area contributed by atoms with Gasteiger partial charge in [-0.2, -0.15) is 0 Å². The van der Waals surface area contributed by atoms with Gasteiger partial charge in [-0.3, -0.25) is 0 Å². The van der Waals surface area contributed by atoms with Gasteiger partial charge in [-0.15, -0.1) is 0 Å². The van der Waals surface area contributed by atoms with Crippen molar-refractivity contribution in [2.75, 3.05) is 5.43 Å². The van der Waals surface area contributed by atoms with Crippen molar-refractivity contribution in [3.63, 3.8) is 0 Å². The molecule has 4 rings (SSSR count). The molecule has 80 valence electrons. The molecule has 2 heterocycles. The molecule has 0 unspecified atom stereocenters. The Bertz CT molecular complexity index is 516. The lowest BCUT2D eigenvalue weighted by Crippen LogP contribution is -2.25. The van der Waals surface area contributed by atoms with Crippen molar-refractivity contribution >= 4 is 16.7 Å². The molecular weight excluding hydrogens is 198 g/mol. The zero-order valence-electron chi connectivity index (χ0n) is 8.98. The summed E-state index contributed by atoms with van der Waals surface area (Å²) in [6.07, 6.45) is 2.64. The summed E-state index contributed by atoms with van der Waals surface area (Å²) in [7, 11) is 0. The molecule has 16 heavy (non-hydrogen) atoms. The van der Waals surface area contributed by atoms with Crippen LogP contribution in [0.2, 0.25) is 0 Å². The standard InChI is InChI=1S/C13H13N3/c1-2-4-12-9(3-1)7-10-8-16(11-5-6-11)15-13(10)14-12/h1-4,7,11H,5-6,8H2,(H,14,15). The van der Waals surface area contributed by atoms with Gasteiger partial charge < -0.3 is 5.43 Å². The highest BCUT2D eigenvalue weighted by molar-refractivity contribution is 5.82. The van der Waals surface area contributed by atoms with Crippen LogP contribution in [0.25, 0.3) is 10.9 Å². The number of anilines is 1. The van der Waals surface area contributed by atoms with E-state index in [1.165, 1.54) is 23.8 Å². The fraction of sp³-hybridized carbons (Fsp3) is 0.308. The van der Waals surface area contributed by atoms with Crippen molar-refractivity contribution in [3.8, 4) is 0 Å². The van der Waals surface area contributed by atoms with E-state index < -0.39 is 0 Å². The molecule has 0 atom stereocenters. The molecule has 0 saturated heterocycles. The molecule has 1 N–H and O–H groups in total. The van der Waals surface area contributed by atoms with Gasteiger partial charge in [0.05, 0.1) is 5.52 Å². The SMILES string of the molecule is c1ccc2nc3c(cc2c1)CN(C1CC1)N3. The largest absolute Gasteiger partial charge is 0.302 e. The second kappa shape index (κ2) is 2.95. The van der Waals surface area contributed by atoms with Crippen LogP contribution < -0.4 is 5.43 Å². The predicted molar refractivity (Wildman–Crippen MR) is 63.9 cm³/mol. The first-order valence-corrected chi connectivity index (χ1v) is 5.82. The molecular formula is C13H13N3. The highest BCUT2D eigenvalue weighted by Crippen LogP contribution is 2.34. The second-order valence-electron chi connectivity index (χ2n) is 4.66. The van der Waals surface area contributed by atoms with Gasteiger partial charge >= 0.3 is 0 Å². The van der Waals surface area contributed by atoms with Gasteiger partial charge in [0.25, 0.3) is 0 Å². The number of nitrogens with zero attached hydrogens (tertiary/aromatic N) is 2. The summed E-state index contributed by atoms with van der Waals surface area (Å²) < 4.78 is 0. The van der Waals surface area contributed by atoms with Crippen molar-refractivity contribution in [3.05, 3.63) is 35.9 Å². The Morgan fingerprint density at radius 3 is 3.00 bits per heavy atom. The van der Waals surface area contributed by atoms with Gasteiger partial charge in [-0.05, 0) is 25.0 Å². The summed E-state index contributed by atoms with van der Waals surface area (Å²) in [5, 5.41) is 3.55. The third-order valence-electron chi connectivity index (χ3n) is 3.38. The summed E-state index contributed by atoms with van der Waals surface area (Å²) >= 11 is 0. The van der Waals surface area contributed by atoms with Crippen LogP contribution in [-0.4, -0.2) is 16.0 Å². The van der Waals surface area contributed by atoms with Crippen molar-refractivity contribution in [2.45, 2.75) is 25.4 Å². The van der Waals surface area contributed by atoms with E-state index in [4.69, 9.17) is 0 Å². The number of hydrogen-bond acceptors (Lipinski definition) is 3. The first-order chi connectivity index (χ1) is 7.90. The highest BCUT2D eigenvalue weighted by Gasteiger charge is 2.33. The fourth-order valence-electron chi connectivity index (χ4n) is 2.34. The third kappa shape index (κ3) is 1.21. The van der Waals surface area contributed by atoms with Crippen molar-refractivity contribution < 1.29 is 0 Å². The quantitative estimate of drug-likeness (QED) is 0.785. The van der Waals surface area contributed by atoms with Crippen molar-refractivity contribution in [1.29, 1.82) is 0 Å². The van der Waals surface area contributed by atoms with Crippen LogP contribution in [0.1, 0.15) is 18.4 Å². The molecule has 0 spiro atoms. The predicted octanol–water partition coefficient (Wildman–Crippen LogP) is 2.54. The van der Waals surface area contributed by atoms with E-state index >= 15 is 0 Å². The molecule has 3 nitrogen and oxygen atoms in total. The van der Waals surface area contributed by atoms with Crippen LogP contribution in [-0.2, 0) is 6.54 Å². The maximum Gasteiger partial charge on any atom is 0.145 e. The summed E-state index contributed by atoms with van der Waals surface area (Å²) in [4.78, 5) is 4.66. The number of para-hydroxylation sites is 1. The molecule has 0 bridgehead atoms. The van der Waals surface area contributed by atoms with Gasteiger partial charge in [-0.1, -0.05) is 18.2 Å². The minimum absolute atomic E-state index is 0.734. The smallest absolute Gasteiger partial charge is 0.145 e. The van der Waals surface area contributed by atoms with Crippen LogP contribution in [0, 0.1) is 0 Å². The number of hydrogen-bond donors (Lipinski definition) is 1. The number of nitrogens with one attached hydrogen (secondary N) is 1. The first kappa shape index (κ1) is 8.53. The molecule has 2 aromatic rings. The van der Waals surface area contributed by atoms with Crippen molar-refractivity contribution in [1.82, 2.24) is 9.99 Å². The first-order valence-electron chi connectivity index (χ1n) is 5.82. The highest BCUT2D eigenvalue weighted by atomic mass is 15.6. The Morgan fingerprint density at radius 2 is 2.12 bits per heavy atom. The minimum atomic E-state index is 0.734. The van der Waals surface area contributed by atoms with Crippen LogP contribution in [0.15, 0.2) is 30.3 Å². The van der Waals surface area contributed by atoms with Gasteiger partial charge in [0.2, 0.25) is 0 Å². The second-order valence-corrected chi connectivity index (χ2v) is 4.66. The number of benzene rings is 1. The Kier molecular flexibility index (Phi) is 1.57. The van der Waals surface area contributed by atoms with Crippen molar-refractivity contribution in [2.24, 2.45) is 0 Å². The molecule has 2 aliphatic rings. The van der Waals surface area contributed by atoms with Crippen LogP contribution in [0.3, 0.4) is 0 Å². The summed E-state index contributed by atoms with van der Waals surface area (Å²) in [5.74, 6) is 1.05. The average Bonchev–Trinajstić information content (AvgIpc) is 3.07. The summed E-state index contributed by atoms with van der Waals surface area (Å²) in [6.45, 7) is 0.998. The number of pyridine rings is 1. The lowest BCUT2D eigenvalue weighted by molar-refractivity contribution is 0.332. The van der Waals surface area contributed by atoms with Crippen LogP contribution in [0.4, 0.5) is 5.82 Å². The average molecular weight is 211 g/mol. The van der Waals surface area contributed by atoms with E-state index in [1.54, 1.807) is 0 Å². The molecule has 0 radical (unpaired) electrons. The Balaban J connectivity index is 1.82. The molecule has 1 aromatic carbocycles. The van der Waals surface area contributed by atoms with Gasteiger partial charge in [0, 0.05) is 23.5 Å². The van der Waals surface area contributed by atoms with Crippen LogP contribution >= 0.6 is 0 Å². The fourth-order valence-corrected chi connectivity index (χ4v) is 2.34. The van der Waals surface area contributed by atoms with Crippen LogP contribution in [0.5, 0.6) is 0 Å². The van der Waals surface area contributed by atoms with E-state index in [0.29, 0.717) is 0 Å². The summed E-state index contributed by atoms with van der Waals surface area (Å²) in [6, 6.07) is 11.3. The molecule has 1 fully saturated rings. The zero-order valence-corrected chi connectivity index (χ0v) is 8.98. The monoisotopic (exact) mass is 211 g/mol. The normalized spacial score (nSPS) is 19.8. The molecule has 0 amide bonds. The van der Waals surface area contributed by atoms with Gasteiger partial charge in [-0.25, -0.2) is 9.99 Å². The topological polar surface area (TPSA) is 28.2 Å². The number of hydrazine groups is 1. The molecule has 1 aliphatic heterocycles. The zero-order chi connectivity index (χ0) is 10.5. The lowest BCUT2D eigenvalue weighted by atomic mass is 10.1. The Morgan fingerprint density at radius 1 is 1.25 bits per heavy atom. The lowest BCUT2D eigenvalue weighted by Gasteiger charge is -2.13. The van der Waals surface area contributed by atoms with E-state index in [1.807, 2.05) is 6.07 Å². The maximum absolute atomic E-state index is 4.66. The minimum Gasteiger partial charge on any atom is -0.302 e. The van der Waals surface area contributed by atoms with E-state index in [0.717, 1.165) is 23.9 Å². The molecule has 1 saturated carbocycles. The number of rotatable bonds is 1. The van der Waals surface area contributed by atoms with E-state index in [9.17, 15) is 0 Å². The van der Waals surface area contributed by atoms with E-state index in [2.05, 4.69) is 39.7 Å². The third-order valence-corrected chi connectivity index (χ3v) is 3.38. The van der Waals surface area contributed by atoms with E-state index in [-0.39, 0.29) is 0 Å². The summed E-state index contributed by atoms with van der Waals surface area (Å²) in [5.41, 5.74) is 5.81. The maximum atomic E-state index is 4.66. The molecule has 3 heteroatoms. The molecule has 1 aliphatic carbocycles. The molecule has 1 aromatic heterocycles. The van der Waals surface area contributed by atoms with Gasteiger partial charge in [0.15, 0.2) is 0 Å².